The van der Waals surface area contributed by atoms with E-state index in [9.17, 15) is 19.8 Å². The van der Waals surface area contributed by atoms with Crippen molar-refractivity contribution < 1.29 is 15.0 Å². The number of aromatic nitrogens is 2. The summed E-state index contributed by atoms with van der Waals surface area (Å²) in [6.45, 7) is 4.53. The Morgan fingerprint density at radius 1 is 1.15 bits per heavy atom. The zero-order valence-electron chi connectivity index (χ0n) is 19.3. The first-order valence-electron chi connectivity index (χ1n) is 11.9. The smallest absolute Gasteiger partial charge is 0.255 e. The Balaban J connectivity index is 1.31. The summed E-state index contributed by atoms with van der Waals surface area (Å²) in [5.74, 6) is 0.858. The second-order valence-electron chi connectivity index (χ2n) is 9.55. The molecule has 3 heterocycles. The van der Waals surface area contributed by atoms with Crippen LogP contribution in [0.3, 0.4) is 0 Å². The van der Waals surface area contributed by atoms with Crippen LogP contribution in [0.4, 0.5) is 5.82 Å². The highest BCUT2D eigenvalue weighted by atomic mass is 16.3. The Hall–Kier alpha value is -2.71. The molecule has 0 bridgehead atoms. The fourth-order valence-corrected chi connectivity index (χ4v) is 4.74. The van der Waals surface area contributed by atoms with Crippen molar-refractivity contribution in [3.8, 4) is 0 Å². The summed E-state index contributed by atoms with van der Waals surface area (Å²) in [6.07, 6.45) is 3.86. The minimum absolute atomic E-state index is 0.100. The SMILES string of the molecule is C[C@H](CC(=O)N1CCC(O)(Cn2cnc(N3CCC(O)CC3)cc2=O)CC1)c1ccccc1. The van der Waals surface area contributed by atoms with E-state index in [0.717, 1.165) is 5.56 Å². The van der Waals surface area contributed by atoms with Gasteiger partial charge in [0.25, 0.3) is 5.56 Å². The normalized spacial score (nSPS) is 20.0. The van der Waals surface area contributed by atoms with Crippen LogP contribution in [0.2, 0.25) is 0 Å². The van der Waals surface area contributed by atoms with Gasteiger partial charge in [-0.3, -0.25) is 14.2 Å². The number of likely N-dealkylation sites (tertiary alicyclic amines) is 1. The molecule has 1 aromatic carbocycles. The molecule has 0 radical (unpaired) electrons. The van der Waals surface area contributed by atoms with Gasteiger partial charge in [-0.1, -0.05) is 37.3 Å². The Kier molecular flexibility index (Phi) is 7.14. The van der Waals surface area contributed by atoms with Crippen molar-refractivity contribution in [1.29, 1.82) is 0 Å². The first-order chi connectivity index (χ1) is 15.8. The van der Waals surface area contributed by atoms with Gasteiger partial charge >= 0.3 is 0 Å². The number of anilines is 1. The molecule has 1 amide bonds. The Morgan fingerprint density at radius 3 is 2.45 bits per heavy atom. The van der Waals surface area contributed by atoms with Gasteiger partial charge in [-0.15, -0.1) is 0 Å². The summed E-state index contributed by atoms with van der Waals surface area (Å²) in [5.41, 5.74) is -0.0884. The van der Waals surface area contributed by atoms with E-state index in [4.69, 9.17) is 0 Å². The topological polar surface area (TPSA) is 98.9 Å². The van der Waals surface area contributed by atoms with Crippen molar-refractivity contribution in [3.63, 3.8) is 0 Å². The summed E-state index contributed by atoms with van der Waals surface area (Å²) in [6, 6.07) is 11.5. The predicted octanol–water partition coefficient (Wildman–Crippen LogP) is 1.75. The molecule has 2 aromatic rings. The highest BCUT2D eigenvalue weighted by Crippen LogP contribution is 2.26. The van der Waals surface area contributed by atoms with Crippen molar-refractivity contribution in [2.75, 3.05) is 31.1 Å². The molecule has 4 rings (SSSR count). The van der Waals surface area contributed by atoms with Gasteiger partial charge in [0.15, 0.2) is 0 Å². The molecule has 2 aliphatic rings. The number of amides is 1. The first kappa shape index (κ1) is 23.4. The standard InChI is InChI=1S/C25H34N4O4/c1-19(20-5-3-2-4-6-20)15-23(31)28-13-9-25(33,10-14-28)17-29-18-26-22(16-24(29)32)27-11-7-21(30)8-12-27/h2-6,16,18-19,21,30,33H,7-15,17H2,1H3/t19-/m1/s1. The van der Waals surface area contributed by atoms with Gasteiger partial charge in [0.05, 0.1) is 24.6 Å². The quantitative estimate of drug-likeness (QED) is 0.690. The lowest BCUT2D eigenvalue weighted by Gasteiger charge is -2.38. The maximum atomic E-state index is 12.8. The zero-order valence-corrected chi connectivity index (χ0v) is 19.3. The molecule has 33 heavy (non-hydrogen) atoms. The molecule has 2 aliphatic heterocycles. The number of aliphatic hydroxyl groups is 2. The summed E-state index contributed by atoms with van der Waals surface area (Å²) >= 11 is 0. The van der Waals surface area contributed by atoms with Crippen LogP contribution in [0.15, 0.2) is 47.5 Å². The molecule has 1 aromatic heterocycles. The van der Waals surface area contributed by atoms with Crippen molar-refractivity contribution in [3.05, 3.63) is 58.6 Å². The van der Waals surface area contributed by atoms with Crippen LogP contribution >= 0.6 is 0 Å². The second kappa shape index (κ2) is 10.1. The van der Waals surface area contributed by atoms with Crippen molar-refractivity contribution >= 4 is 11.7 Å². The predicted molar refractivity (Wildman–Crippen MR) is 126 cm³/mol. The molecule has 8 nitrogen and oxygen atoms in total. The lowest BCUT2D eigenvalue weighted by molar-refractivity contribution is -0.136. The second-order valence-corrected chi connectivity index (χ2v) is 9.55. The average Bonchev–Trinajstić information content (AvgIpc) is 2.82. The number of carbonyl (C=O) groups is 1. The minimum atomic E-state index is -1.04. The third-order valence-electron chi connectivity index (χ3n) is 7.01. The summed E-state index contributed by atoms with van der Waals surface area (Å²) in [4.78, 5) is 33.7. The summed E-state index contributed by atoms with van der Waals surface area (Å²) < 4.78 is 1.46. The maximum absolute atomic E-state index is 12.8. The number of nitrogens with zero attached hydrogens (tertiary/aromatic N) is 4. The lowest BCUT2D eigenvalue weighted by atomic mass is 9.90. The van der Waals surface area contributed by atoms with Crippen molar-refractivity contribution in [1.82, 2.24) is 14.5 Å². The van der Waals surface area contributed by atoms with Crippen LogP contribution in [-0.2, 0) is 11.3 Å². The van der Waals surface area contributed by atoms with E-state index < -0.39 is 5.60 Å². The highest BCUT2D eigenvalue weighted by molar-refractivity contribution is 5.77. The van der Waals surface area contributed by atoms with Crippen LogP contribution in [0.25, 0.3) is 0 Å². The van der Waals surface area contributed by atoms with Crippen LogP contribution in [-0.4, -0.2) is 68.5 Å². The van der Waals surface area contributed by atoms with E-state index in [-0.39, 0.29) is 30.0 Å². The van der Waals surface area contributed by atoms with Crippen LogP contribution < -0.4 is 10.5 Å². The van der Waals surface area contributed by atoms with Crippen LogP contribution in [0, 0.1) is 0 Å². The fraction of sp³-hybridized carbons (Fsp3) is 0.560. The number of hydrogen-bond acceptors (Lipinski definition) is 6. The van der Waals surface area contributed by atoms with Gasteiger partial charge < -0.3 is 20.0 Å². The monoisotopic (exact) mass is 454 g/mol. The number of piperidine rings is 2. The number of hydrogen-bond donors (Lipinski definition) is 2. The Labute approximate surface area is 194 Å². The molecule has 8 heteroatoms. The van der Waals surface area contributed by atoms with Crippen LogP contribution in [0.1, 0.15) is 50.5 Å². The molecule has 0 unspecified atom stereocenters. The van der Waals surface area contributed by atoms with Crippen LogP contribution in [0.5, 0.6) is 0 Å². The number of aliphatic hydroxyl groups excluding tert-OH is 1. The molecule has 2 saturated heterocycles. The number of carbonyl (C=O) groups excluding carboxylic acids is 1. The fourth-order valence-electron chi connectivity index (χ4n) is 4.74. The van der Waals surface area contributed by atoms with Gasteiger partial charge in [-0.2, -0.15) is 0 Å². The van der Waals surface area contributed by atoms with E-state index in [1.165, 1.54) is 17.0 Å². The Bertz CT molecular complexity index is 993. The number of benzene rings is 1. The van der Waals surface area contributed by atoms with E-state index >= 15 is 0 Å². The number of rotatable bonds is 6. The Morgan fingerprint density at radius 2 is 1.82 bits per heavy atom. The third kappa shape index (κ3) is 5.81. The molecular formula is C25H34N4O4. The molecule has 1 atom stereocenters. The molecule has 0 aliphatic carbocycles. The summed E-state index contributed by atoms with van der Waals surface area (Å²) in [7, 11) is 0. The van der Waals surface area contributed by atoms with Gasteiger partial charge in [0.2, 0.25) is 5.91 Å². The maximum Gasteiger partial charge on any atom is 0.255 e. The molecule has 178 valence electrons. The minimum Gasteiger partial charge on any atom is -0.393 e. The largest absolute Gasteiger partial charge is 0.393 e. The molecule has 0 spiro atoms. The highest BCUT2D eigenvalue weighted by Gasteiger charge is 2.35. The van der Waals surface area contributed by atoms with E-state index in [2.05, 4.69) is 11.9 Å². The first-order valence-corrected chi connectivity index (χ1v) is 11.9. The zero-order chi connectivity index (χ0) is 23.4. The van der Waals surface area contributed by atoms with E-state index in [1.54, 1.807) is 0 Å². The average molecular weight is 455 g/mol. The van der Waals surface area contributed by atoms with Gasteiger partial charge in [-0.05, 0) is 37.2 Å². The van der Waals surface area contributed by atoms with Crippen molar-refractivity contribution in [2.24, 2.45) is 0 Å². The molecular weight excluding hydrogens is 420 g/mol. The van der Waals surface area contributed by atoms with Gasteiger partial charge in [-0.25, -0.2) is 4.98 Å². The van der Waals surface area contributed by atoms with E-state index in [0.29, 0.717) is 64.1 Å². The van der Waals surface area contributed by atoms with Gasteiger partial charge in [0, 0.05) is 38.7 Å². The third-order valence-corrected chi connectivity index (χ3v) is 7.01. The van der Waals surface area contributed by atoms with Gasteiger partial charge in [0.1, 0.15) is 5.82 Å². The summed E-state index contributed by atoms with van der Waals surface area (Å²) in [5, 5.41) is 20.8. The molecule has 2 N–H and O–H groups in total. The molecule has 0 saturated carbocycles. The van der Waals surface area contributed by atoms with E-state index in [1.807, 2.05) is 40.1 Å². The van der Waals surface area contributed by atoms with Crippen molar-refractivity contribution in [2.45, 2.75) is 63.2 Å². The lowest BCUT2D eigenvalue weighted by Crippen LogP contribution is -2.49. The molecule has 2 fully saturated rings.